The third kappa shape index (κ3) is 59.3. The topological polar surface area (TPSA) is 160 Å². The van der Waals surface area contributed by atoms with Crippen LogP contribution in [0.2, 0.25) is 0 Å². The van der Waals surface area contributed by atoms with Gasteiger partial charge < -0.3 is 24.1 Å². The SMILES string of the molecule is CC(C)(C)C.CCC(C)C(C)=O.CCCCCCCCOC(=O)CC(CC(=O)O)CC(=O)OCCCCCCCC.CCCCCCCCOC(=O)CC(CC)CC(=O)OCC(CCCC)C(C)CC. The highest BCUT2D eigenvalue weighted by atomic mass is 16.5. The van der Waals surface area contributed by atoms with Crippen molar-refractivity contribution in [2.75, 3.05) is 26.4 Å². The van der Waals surface area contributed by atoms with Gasteiger partial charge in [-0.25, -0.2) is 0 Å². The Balaban J connectivity index is -0.000000502. The molecule has 0 fully saturated rings. The molecule has 0 saturated carbocycles. The van der Waals surface area contributed by atoms with Gasteiger partial charge in [0.15, 0.2) is 0 Å². The molecule has 0 aromatic rings. The predicted molar refractivity (Wildman–Crippen MR) is 290 cm³/mol. The fourth-order valence-electron chi connectivity index (χ4n) is 7.03. The molecule has 416 valence electrons. The van der Waals surface area contributed by atoms with E-state index in [1.807, 2.05) is 20.8 Å². The van der Waals surface area contributed by atoms with E-state index in [0.717, 1.165) is 77.0 Å². The molecule has 11 nitrogen and oxygen atoms in total. The molecular weight excluding hydrogens is 885 g/mol. The predicted octanol–water partition coefficient (Wildman–Crippen LogP) is 16.4. The summed E-state index contributed by atoms with van der Waals surface area (Å²) in [6.07, 6.45) is 26.8. The first-order valence-corrected chi connectivity index (χ1v) is 28.5. The lowest BCUT2D eigenvalue weighted by Crippen LogP contribution is -2.22. The lowest BCUT2D eigenvalue weighted by atomic mass is 9.88. The van der Waals surface area contributed by atoms with Crippen LogP contribution >= 0.6 is 0 Å². The van der Waals surface area contributed by atoms with Gasteiger partial charge in [-0.15, -0.1) is 0 Å². The van der Waals surface area contributed by atoms with Crippen molar-refractivity contribution < 1.29 is 52.8 Å². The van der Waals surface area contributed by atoms with E-state index in [1.54, 1.807) is 6.92 Å². The Hall–Kier alpha value is -2.98. The molecule has 4 unspecified atom stereocenters. The average Bonchev–Trinajstić information content (AvgIpc) is 3.29. The highest BCUT2D eigenvalue weighted by Gasteiger charge is 2.23. The highest BCUT2D eigenvalue weighted by molar-refractivity contribution is 5.77. The maximum Gasteiger partial charge on any atom is 0.306 e. The first kappa shape index (κ1) is 73.6. The number of ether oxygens (including phenoxy) is 4. The quantitative estimate of drug-likeness (QED) is 0.0353. The third-order valence-corrected chi connectivity index (χ3v) is 12.3. The summed E-state index contributed by atoms with van der Waals surface area (Å²) in [4.78, 5) is 69.7. The van der Waals surface area contributed by atoms with Crippen molar-refractivity contribution in [3.05, 3.63) is 0 Å². The van der Waals surface area contributed by atoms with Crippen LogP contribution in [-0.2, 0) is 47.7 Å². The van der Waals surface area contributed by atoms with Crippen LogP contribution in [0.3, 0.4) is 0 Å². The second-order valence-electron chi connectivity index (χ2n) is 21.4. The lowest BCUT2D eigenvalue weighted by Gasteiger charge is -2.23. The molecule has 0 spiro atoms. The molecule has 0 aromatic heterocycles. The zero-order valence-electron chi connectivity index (χ0n) is 48.3. The second-order valence-corrected chi connectivity index (χ2v) is 21.4. The molecule has 1 N–H and O–H groups in total. The second kappa shape index (κ2) is 52.3. The number of carbonyl (C=O) groups excluding carboxylic acids is 5. The van der Waals surface area contributed by atoms with E-state index in [1.165, 1.54) is 77.0 Å². The lowest BCUT2D eigenvalue weighted by molar-refractivity contribution is -0.151. The van der Waals surface area contributed by atoms with Crippen LogP contribution in [0.1, 0.15) is 283 Å². The largest absolute Gasteiger partial charge is 0.481 e. The van der Waals surface area contributed by atoms with Gasteiger partial charge >= 0.3 is 29.8 Å². The Morgan fingerprint density at radius 2 is 0.757 bits per heavy atom. The summed E-state index contributed by atoms with van der Waals surface area (Å²) in [7, 11) is 0. The number of hydrogen-bond acceptors (Lipinski definition) is 10. The van der Waals surface area contributed by atoms with E-state index in [9.17, 15) is 28.8 Å². The van der Waals surface area contributed by atoms with Gasteiger partial charge in [0, 0.05) is 38.0 Å². The minimum absolute atomic E-state index is 0.0113. The zero-order valence-corrected chi connectivity index (χ0v) is 48.3. The third-order valence-electron chi connectivity index (χ3n) is 12.3. The van der Waals surface area contributed by atoms with Gasteiger partial charge in [-0.2, -0.15) is 0 Å². The summed E-state index contributed by atoms with van der Waals surface area (Å²) >= 11 is 0. The monoisotopic (exact) mass is 999 g/mol. The van der Waals surface area contributed by atoms with Gasteiger partial charge in [0.25, 0.3) is 0 Å². The van der Waals surface area contributed by atoms with E-state index < -0.39 is 23.8 Å². The molecule has 70 heavy (non-hydrogen) atoms. The minimum Gasteiger partial charge on any atom is -0.481 e. The van der Waals surface area contributed by atoms with Crippen molar-refractivity contribution in [3.8, 4) is 0 Å². The molecule has 0 saturated heterocycles. The molecule has 0 amide bonds. The first-order chi connectivity index (χ1) is 33.1. The summed E-state index contributed by atoms with van der Waals surface area (Å²) in [6.45, 7) is 31.2. The van der Waals surface area contributed by atoms with Crippen molar-refractivity contribution in [2.24, 2.45) is 35.0 Å². The zero-order chi connectivity index (χ0) is 54.0. The molecule has 0 aliphatic rings. The number of carbonyl (C=O) groups is 6. The Morgan fingerprint density at radius 1 is 0.429 bits per heavy atom. The number of carboxylic acid groups (broad SMARTS) is 1. The molecule has 0 bridgehead atoms. The Bertz CT molecular complexity index is 1200. The molecule has 11 heteroatoms. The summed E-state index contributed by atoms with van der Waals surface area (Å²) in [5.41, 5.74) is 0.500. The summed E-state index contributed by atoms with van der Waals surface area (Å²) < 4.78 is 21.4. The average molecular weight is 1000 g/mol. The molecule has 0 heterocycles. The number of esters is 4. The van der Waals surface area contributed by atoms with E-state index in [-0.39, 0.29) is 43.0 Å². The number of unbranched alkanes of at least 4 members (excludes halogenated alkanes) is 16. The van der Waals surface area contributed by atoms with Crippen LogP contribution in [0.5, 0.6) is 0 Å². The molecule has 0 aromatic carbocycles. The standard InChI is InChI=1S/C25H48O4.C23H42O6.C6H12O.C5H12/c1-6-10-12-13-14-15-17-28-24(26)18-22(9-4)19-25(27)29-20-23(16-11-7-2)21(5)8-3;1-3-5-7-9-11-13-15-28-22(26)18-20(17-21(24)25)19-23(27)29-16-14-12-10-8-6-4-2;1-4-5(2)6(3)7;1-5(2,3)4/h21-23H,6-20H2,1-5H3;20H,3-19H2,1-2H3,(H,24,25);5H,4H2,1-3H3;1-4H3. The number of ketones is 1. The maximum absolute atomic E-state index is 12.3. The number of aliphatic carboxylic acids is 1. The van der Waals surface area contributed by atoms with Crippen LogP contribution < -0.4 is 0 Å². The molecular formula is C59H114O11. The van der Waals surface area contributed by atoms with Crippen molar-refractivity contribution in [1.29, 1.82) is 0 Å². The van der Waals surface area contributed by atoms with E-state index >= 15 is 0 Å². The van der Waals surface area contributed by atoms with Crippen LogP contribution in [0.4, 0.5) is 0 Å². The Labute approximate surface area is 431 Å². The summed E-state index contributed by atoms with van der Waals surface area (Å²) in [5, 5.41) is 9.04. The Morgan fingerprint density at radius 3 is 1.04 bits per heavy atom. The van der Waals surface area contributed by atoms with Gasteiger partial charge in [0.05, 0.1) is 26.4 Å². The van der Waals surface area contributed by atoms with E-state index in [4.69, 9.17) is 24.1 Å². The number of Topliss-reactive ketones (excluding diaryl/α,β-unsaturated/α-hetero) is 1. The van der Waals surface area contributed by atoms with Crippen LogP contribution in [0.25, 0.3) is 0 Å². The highest BCUT2D eigenvalue weighted by Crippen LogP contribution is 2.23. The van der Waals surface area contributed by atoms with E-state index in [2.05, 4.69) is 69.2 Å². The number of rotatable bonds is 41. The first-order valence-electron chi connectivity index (χ1n) is 28.5. The molecule has 0 rings (SSSR count). The van der Waals surface area contributed by atoms with Gasteiger partial charge in [-0.3, -0.25) is 28.8 Å². The summed E-state index contributed by atoms with van der Waals surface area (Å²) in [6, 6.07) is 0. The molecule has 0 radical (unpaired) electrons. The molecule has 4 atom stereocenters. The fraction of sp³-hybridized carbons (Fsp3) is 0.898. The van der Waals surface area contributed by atoms with Gasteiger partial charge in [-0.1, -0.05) is 212 Å². The van der Waals surface area contributed by atoms with Crippen molar-refractivity contribution in [3.63, 3.8) is 0 Å². The van der Waals surface area contributed by atoms with E-state index in [0.29, 0.717) is 62.3 Å². The normalized spacial score (nSPS) is 12.6. The fourth-order valence-corrected chi connectivity index (χ4v) is 7.03. The van der Waals surface area contributed by atoms with Crippen LogP contribution in [0, 0.1) is 35.0 Å². The van der Waals surface area contributed by atoms with Gasteiger partial charge in [-0.05, 0) is 68.1 Å². The number of hydrogen-bond donors (Lipinski definition) is 1. The molecule has 0 aliphatic heterocycles. The van der Waals surface area contributed by atoms with Crippen LogP contribution in [-0.4, -0.2) is 67.2 Å². The van der Waals surface area contributed by atoms with Crippen molar-refractivity contribution in [2.45, 2.75) is 283 Å². The summed E-state index contributed by atoms with van der Waals surface area (Å²) in [5.74, 6) is -1.27. The molecule has 0 aliphatic carbocycles. The Kier molecular flexibility index (Phi) is 55.0. The van der Waals surface area contributed by atoms with Gasteiger partial charge in [0.1, 0.15) is 5.78 Å². The maximum atomic E-state index is 12.3. The van der Waals surface area contributed by atoms with Crippen molar-refractivity contribution in [1.82, 2.24) is 0 Å². The van der Waals surface area contributed by atoms with Crippen LogP contribution in [0.15, 0.2) is 0 Å². The van der Waals surface area contributed by atoms with Crippen molar-refractivity contribution >= 4 is 35.6 Å². The minimum atomic E-state index is -1.03. The smallest absolute Gasteiger partial charge is 0.306 e. The van der Waals surface area contributed by atoms with Gasteiger partial charge in [0.2, 0.25) is 0 Å². The number of carboxylic acids is 1.